The summed E-state index contributed by atoms with van der Waals surface area (Å²) in [5.41, 5.74) is 1.90. The molecule has 1 fully saturated rings. The molecule has 2 atom stereocenters. The fourth-order valence-electron chi connectivity index (χ4n) is 2.76. The van der Waals surface area contributed by atoms with Crippen LogP contribution in [0.2, 0.25) is 0 Å². The van der Waals surface area contributed by atoms with Crippen LogP contribution in [0.1, 0.15) is 28.4 Å². The summed E-state index contributed by atoms with van der Waals surface area (Å²) in [5.74, 6) is -0.0385. The van der Waals surface area contributed by atoms with E-state index in [4.69, 9.17) is 4.74 Å². The molecule has 1 saturated heterocycles. The van der Waals surface area contributed by atoms with Crippen LogP contribution in [0.5, 0.6) is 0 Å². The molecule has 0 bridgehead atoms. The van der Waals surface area contributed by atoms with Crippen molar-refractivity contribution in [3.05, 3.63) is 45.7 Å². The van der Waals surface area contributed by atoms with E-state index < -0.39 is 0 Å². The Morgan fingerprint density at radius 1 is 1.39 bits per heavy atom. The second-order valence-electron chi connectivity index (χ2n) is 5.55. The Morgan fingerprint density at radius 2 is 2.30 bits per heavy atom. The number of amides is 1. The fraction of sp³-hybridized carbons (Fsp3) is 0.312. The lowest BCUT2D eigenvalue weighted by molar-refractivity contribution is -0.0690. The van der Waals surface area contributed by atoms with Crippen molar-refractivity contribution in [2.45, 2.75) is 19.1 Å². The molecule has 23 heavy (non-hydrogen) atoms. The minimum Gasteiger partial charge on any atom is -0.367 e. The van der Waals surface area contributed by atoms with Crippen molar-refractivity contribution in [2.75, 3.05) is 13.1 Å². The number of carbonyl (C=O) groups excluding carboxylic acids is 1. The van der Waals surface area contributed by atoms with Crippen LogP contribution in [-0.4, -0.2) is 40.0 Å². The Labute approximate surface area is 141 Å². The first kappa shape index (κ1) is 14.7. The number of nitrogens with zero attached hydrogens (tertiary/aromatic N) is 3. The van der Waals surface area contributed by atoms with Crippen LogP contribution >= 0.6 is 22.7 Å². The molecule has 0 spiro atoms. The molecule has 4 heterocycles. The molecule has 0 saturated carbocycles. The first-order valence-corrected chi connectivity index (χ1v) is 9.15. The summed E-state index contributed by atoms with van der Waals surface area (Å²) in [6, 6.07) is 5.77. The molecule has 118 valence electrons. The Morgan fingerprint density at radius 3 is 3.09 bits per heavy atom. The predicted octanol–water partition coefficient (Wildman–Crippen LogP) is 3.36. The average Bonchev–Trinajstić information content (AvgIpc) is 3.22. The molecule has 3 aromatic rings. The maximum atomic E-state index is 12.8. The number of thiazole rings is 1. The fourth-order valence-corrected chi connectivity index (χ4v) is 4.33. The summed E-state index contributed by atoms with van der Waals surface area (Å²) in [6.07, 6.45) is 1.66. The zero-order valence-corrected chi connectivity index (χ0v) is 14.1. The van der Waals surface area contributed by atoms with Crippen molar-refractivity contribution in [2.24, 2.45) is 0 Å². The molecule has 0 N–H and O–H groups in total. The van der Waals surface area contributed by atoms with E-state index in [-0.39, 0.29) is 18.1 Å². The maximum absolute atomic E-state index is 12.8. The number of thiophene rings is 1. The molecular formula is C16H15N3O2S2. The van der Waals surface area contributed by atoms with Gasteiger partial charge in [0, 0.05) is 12.7 Å². The molecule has 1 aliphatic heterocycles. The summed E-state index contributed by atoms with van der Waals surface area (Å²) in [5, 5.41) is 4.60. The van der Waals surface area contributed by atoms with E-state index in [2.05, 4.69) is 21.4 Å². The lowest BCUT2D eigenvalue weighted by atomic mass is 10.1. The van der Waals surface area contributed by atoms with Gasteiger partial charge in [-0.15, -0.1) is 0 Å². The topological polar surface area (TPSA) is 55.3 Å². The number of hydrogen-bond acceptors (Lipinski definition) is 6. The normalized spacial score (nSPS) is 21.7. The van der Waals surface area contributed by atoms with E-state index in [1.54, 1.807) is 17.5 Å². The predicted molar refractivity (Wildman–Crippen MR) is 90.9 cm³/mol. The molecular weight excluding hydrogens is 330 g/mol. The summed E-state index contributed by atoms with van der Waals surface area (Å²) in [4.78, 5) is 24.2. The third-order valence-corrected chi connectivity index (χ3v) is 5.48. The molecule has 0 unspecified atom stereocenters. The van der Waals surface area contributed by atoms with Gasteiger partial charge in [-0.2, -0.15) is 11.3 Å². The van der Waals surface area contributed by atoms with Crippen LogP contribution < -0.4 is 0 Å². The van der Waals surface area contributed by atoms with Crippen LogP contribution in [-0.2, 0) is 4.74 Å². The maximum Gasteiger partial charge on any atom is 0.283 e. The lowest BCUT2D eigenvalue weighted by Gasteiger charge is -2.36. The third-order valence-electron chi connectivity index (χ3n) is 3.81. The standard InChI is InChI=1S/C16H15N3O2S2/c1-10-7-19(8-13(21-10)11-4-6-22-9-11)16(20)15-18-12-3-2-5-17-14(12)23-15/h2-6,9-10,13H,7-8H2,1H3/t10-,13+/m1/s1. The van der Waals surface area contributed by atoms with Crippen LogP contribution in [0.3, 0.4) is 0 Å². The highest BCUT2D eigenvalue weighted by atomic mass is 32.1. The van der Waals surface area contributed by atoms with Crippen molar-refractivity contribution >= 4 is 38.9 Å². The monoisotopic (exact) mass is 345 g/mol. The molecule has 3 aromatic heterocycles. The molecule has 0 radical (unpaired) electrons. The summed E-state index contributed by atoms with van der Waals surface area (Å²) in [6.45, 7) is 3.14. The molecule has 7 heteroatoms. The lowest BCUT2D eigenvalue weighted by Crippen LogP contribution is -2.45. The summed E-state index contributed by atoms with van der Waals surface area (Å²) in [7, 11) is 0. The van der Waals surface area contributed by atoms with E-state index in [9.17, 15) is 4.79 Å². The van der Waals surface area contributed by atoms with Gasteiger partial charge in [-0.25, -0.2) is 9.97 Å². The third kappa shape index (κ3) is 2.87. The van der Waals surface area contributed by atoms with Gasteiger partial charge in [0.25, 0.3) is 5.91 Å². The first-order chi connectivity index (χ1) is 11.2. The Kier molecular flexibility index (Phi) is 3.84. The Balaban J connectivity index is 1.59. The van der Waals surface area contributed by atoms with E-state index in [0.29, 0.717) is 18.1 Å². The van der Waals surface area contributed by atoms with Gasteiger partial charge in [0.2, 0.25) is 0 Å². The van der Waals surface area contributed by atoms with Crippen molar-refractivity contribution in [3.8, 4) is 0 Å². The van der Waals surface area contributed by atoms with Gasteiger partial charge in [0.1, 0.15) is 16.5 Å². The molecule has 0 aliphatic carbocycles. The number of carbonyl (C=O) groups is 1. The van der Waals surface area contributed by atoms with Crippen molar-refractivity contribution in [3.63, 3.8) is 0 Å². The van der Waals surface area contributed by atoms with Gasteiger partial charge in [-0.3, -0.25) is 4.79 Å². The van der Waals surface area contributed by atoms with Crippen molar-refractivity contribution in [1.29, 1.82) is 0 Å². The van der Waals surface area contributed by atoms with Crippen LogP contribution in [0.4, 0.5) is 0 Å². The number of morpholine rings is 1. The van der Waals surface area contributed by atoms with E-state index in [1.165, 1.54) is 11.3 Å². The van der Waals surface area contributed by atoms with E-state index >= 15 is 0 Å². The molecule has 1 aliphatic rings. The highest BCUT2D eigenvalue weighted by Crippen LogP contribution is 2.28. The summed E-state index contributed by atoms with van der Waals surface area (Å²) < 4.78 is 5.99. The number of aromatic nitrogens is 2. The van der Waals surface area contributed by atoms with Gasteiger partial charge < -0.3 is 9.64 Å². The summed E-state index contributed by atoms with van der Waals surface area (Å²) >= 11 is 2.99. The van der Waals surface area contributed by atoms with Crippen LogP contribution in [0.25, 0.3) is 10.3 Å². The molecule has 0 aromatic carbocycles. The number of hydrogen-bond donors (Lipinski definition) is 0. The molecule has 4 rings (SSSR count). The first-order valence-electron chi connectivity index (χ1n) is 7.39. The van der Waals surface area contributed by atoms with Crippen LogP contribution in [0.15, 0.2) is 35.2 Å². The van der Waals surface area contributed by atoms with Gasteiger partial charge in [-0.05, 0) is 41.4 Å². The molecule has 5 nitrogen and oxygen atoms in total. The number of ether oxygens (including phenoxy) is 1. The van der Waals surface area contributed by atoms with Gasteiger partial charge >= 0.3 is 0 Å². The Bertz CT molecular complexity index is 798. The van der Waals surface area contributed by atoms with Gasteiger partial charge in [0.15, 0.2) is 5.01 Å². The zero-order valence-electron chi connectivity index (χ0n) is 12.5. The number of pyridine rings is 1. The average molecular weight is 345 g/mol. The SMILES string of the molecule is C[C@@H]1CN(C(=O)c2nc3cccnc3s2)C[C@@H](c2ccsc2)O1. The smallest absolute Gasteiger partial charge is 0.283 e. The minimum absolute atomic E-state index is 0.00473. The second-order valence-corrected chi connectivity index (χ2v) is 7.31. The van der Waals surface area contributed by atoms with Gasteiger partial charge in [0.05, 0.1) is 12.6 Å². The largest absolute Gasteiger partial charge is 0.367 e. The second kappa shape index (κ2) is 5.99. The highest BCUT2D eigenvalue weighted by molar-refractivity contribution is 7.19. The van der Waals surface area contributed by atoms with Crippen LogP contribution in [0, 0.1) is 0 Å². The minimum atomic E-state index is -0.0681. The van der Waals surface area contributed by atoms with Gasteiger partial charge in [-0.1, -0.05) is 11.3 Å². The number of fused-ring (bicyclic) bond motifs is 1. The van der Waals surface area contributed by atoms with E-state index in [1.807, 2.05) is 29.3 Å². The molecule has 1 amide bonds. The zero-order chi connectivity index (χ0) is 15.8. The quantitative estimate of drug-likeness (QED) is 0.715. The van der Waals surface area contributed by atoms with Crippen molar-refractivity contribution < 1.29 is 9.53 Å². The highest BCUT2D eigenvalue weighted by Gasteiger charge is 2.31. The Hall–Kier alpha value is -1.83. The van der Waals surface area contributed by atoms with E-state index in [0.717, 1.165) is 15.9 Å². The number of rotatable bonds is 2. The van der Waals surface area contributed by atoms with Crippen molar-refractivity contribution in [1.82, 2.24) is 14.9 Å².